The van der Waals surface area contributed by atoms with Crippen molar-refractivity contribution < 1.29 is 9.59 Å². The summed E-state index contributed by atoms with van der Waals surface area (Å²) in [6.07, 6.45) is 12.5. The molecule has 3 fully saturated rings. The van der Waals surface area contributed by atoms with E-state index < -0.39 is 0 Å². The number of thiol groups is 1. The van der Waals surface area contributed by atoms with Gasteiger partial charge in [-0.15, -0.1) is 12.6 Å². The van der Waals surface area contributed by atoms with Crippen LogP contribution < -0.4 is 0 Å². The zero-order chi connectivity index (χ0) is 16.4. The Kier molecular flexibility index (Phi) is 3.46. The van der Waals surface area contributed by atoms with Crippen LogP contribution in [0, 0.1) is 34.5 Å². The van der Waals surface area contributed by atoms with Crippen LogP contribution in [-0.4, -0.2) is 10.9 Å². The van der Waals surface area contributed by atoms with Crippen molar-refractivity contribution in [2.24, 2.45) is 34.5 Å². The fourth-order valence-corrected chi connectivity index (χ4v) is 7.03. The molecule has 0 aromatic rings. The summed E-state index contributed by atoms with van der Waals surface area (Å²) < 4.78 is 0. The molecule has 3 heteroatoms. The van der Waals surface area contributed by atoms with Gasteiger partial charge in [-0.25, -0.2) is 0 Å². The van der Waals surface area contributed by atoms with Crippen molar-refractivity contribution in [3.05, 3.63) is 23.8 Å². The van der Waals surface area contributed by atoms with E-state index in [0.717, 1.165) is 19.3 Å². The molecule has 23 heavy (non-hydrogen) atoms. The van der Waals surface area contributed by atoms with Gasteiger partial charge in [-0.2, -0.15) is 0 Å². The molecule has 6 atom stereocenters. The predicted molar refractivity (Wildman–Crippen MR) is 94.1 cm³/mol. The fourth-order valence-electron chi connectivity index (χ4n) is 6.60. The van der Waals surface area contributed by atoms with E-state index in [1.807, 2.05) is 6.08 Å². The van der Waals surface area contributed by atoms with Crippen LogP contribution in [0.5, 0.6) is 0 Å². The monoisotopic (exact) mass is 330 g/mol. The Labute approximate surface area is 144 Å². The van der Waals surface area contributed by atoms with Crippen molar-refractivity contribution in [3.63, 3.8) is 0 Å². The van der Waals surface area contributed by atoms with Crippen LogP contribution >= 0.6 is 12.6 Å². The summed E-state index contributed by atoms with van der Waals surface area (Å²) >= 11 is 4.19. The lowest BCUT2D eigenvalue weighted by molar-refractivity contribution is -0.120. The quantitative estimate of drug-likeness (QED) is 0.725. The van der Waals surface area contributed by atoms with Gasteiger partial charge < -0.3 is 0 Å². The Hall–Kier alpha value is -0.830. The molecule has 0 spiro atoms. The molecular formula is C20H26O2S. The van der Waals surface area contributed by atoms with E-state index in [4.69, 9.17) is 0 Å². The smallest absolute Gasteiger partial charge is 0.189 e. The van der Waals surface area contributed by atoms with Gasteiger partial charge in [-0.05, 0) is 73.8 Å². The first-order valence-electron chi connectivity index (χ1n) is 9.03. The minimum atomic E-state index is 0.0568. The minimum absolute atomic E-state index is 0.0568. The molecule has 0 bridgehead atoms. The summed E-state index contributed by atoms with van der Waals surface area (Å²) in [6, 6.07) is 0. The van der Waals surface area contributed by atoms with Crippen LogP contribution in [0.25, 0.3) is 0 Å². The van der Waals surface area contributed by atoms with Gasteiger partial charge in [-0.3, -0.25) is 9.59 Å². The first-order valence-corrected chi connectivity index (χ1v) is 9.48. The topological polar surface area (TPSA) is 34.1 Å². The standard InChI is InChI=1S/C20H26O2S/c1-19-9-7-13(21)11-12(19)3-4-14-15-5-6-17(18(22)23)20(15,2)10-8-16(14)19/h7,9,11,14-17H,3-6,8,10H2,1-2H3,(H,22,23)/t14-,15-,16-,17?,19-,20-/m0/s1. The van der Waals surface area contributed by atoms with Crippen LogP contribution in [0.4, 0.5) is 0 Å². The second kappa shape index (κ2) is 5.08. The largest absolute Gasteiger partial charge is 0.290 e. The van der Waals surface area contributed by atoms with E-state index in [1.54, 1.807) is 6.08 Å². The first-order chi connectivity index (χ1) is 10.9. The van der Waals surface area contributed by atoms with Crippen LogP contribution in [0.15, 0.2) is 23.8 Å². The molecule has 0 heterocycles. The second-order valence-electron chi connectivity index (χ2n) is 8.62. The van der Waals surface area contributed by atoms with E-state index in [9.17, 15) is 9.59 Å². The van der Waals surface area contributed by atoms with Crippen molar-refractivity contribution in [2.45, 2.75) is 52.4 Å². The van der Waals surface area contributed by atoms with Gasteiger partial charge in [0, 0.05) is 11.3 Å². The van der Waals surface area contributed by atoms with E-state index in [0.29, 0.717) is 17.8 Å². The molecule has 4 aliphatic rings. The lowest BCUT2D eigenvalue weighted by Crippen LogP contribution is -2.50. The van der Waals surface area contributed by atoms with Gasteiger partial charge in [-0.1, -0.05) is 25.5 Å². The van der Waals surface area contributed by atoms with E-state index >= 15 is 0 Å². The SMILES string of the molecule is C[C@]12C=CC(=O)C=C1CC[C@@H]1[C@@H]2CC[C@]2(C)C(C(=O)S)CC[C@@H]12. The van der Waals surface area contributed by atoms with Crippen molar-refractivity contribution in [1.82, 2.24) is 0 Å². The van der Waals surface area contributed by atoms with E-state index in [1.165, 1.54) is 24.8 Å². The maximum Gasteiger partial charge on any atom is 0.189 e. The Morgan fingerprint density at radius 1 is 1.17 bits per heavy atom. The van der Waals surface area contributed by atoms with Crippen LogP contribution in [-0.2, 0) is 9.59 Å². The summed E-state index contributed by atoms with van der Waals surface area (Å²) in [5.41, 5.74) is 1.54. The molecule has 1 unspecified atom stereocenters. The zero-order valence-corrected chi connectivity index (χ0v) is 14.9. The molecule has 0 aliphatic heterocycles. The van der Waals surface area contributed by atoms with Crippen molar-refractivity contribution >= 4 is 23.5 Å². The fraction of sp³-hybridized carbons (Fsp3) is 0.700. The Bertz CT molecular complexity index is 634. The maximum absolute atomic E-state index is 12.0. The highest BCUT2D eigenvalue weighted by molar-refractivity contribution is 7.96. The Morgan fingerprint density at radius 2 is 1.96 bits per heavy atom. The van der Waals surface area contributed by atoms with Gasteiger partial charge in [0.1, 0.15) is 0 Å². The van der Waals surface area contributed by atoms with E-state index in [-0.39, 0.29) is 27.6 Å². The molecule has 0 N–H and O–H groups in total. The lowest BCUT2D eigenvalue weighted by Gasteiger charge is -2.56. The van der Waals surface area contributed by atoms with Crippen LogP contribution in [0.1, 0.15) is 52.4 Å². The molecule has 0 radical (unpaired) electrons. The number of hydrogen-bond donors (Lipinski definition) is 1. The van der Waals surface area contributed by atoms with Gasteiger partial charge in [0.25, 0.3) is 0 Å². The summed E-state index contributed by atoms with van der Waals surface area (Å²) in [4.78, 5) is 23.8. The molecule has 0 saturated heterocycles. The van der Waals surface area contributed by atoms with Crippen molar-refractivity contribution in [2.75, 3.05) is 0 Å². The lowest BCUT2D eigenvalue weighted by atomic mass is 9.48. The molecule has 0 aromatic carbocycles. The summed E-state index contributed by atoms with van der Waals surface area (Å²) in [5.74, 6) is 2.25. The average Bonchev–Trinajstić information content (AvgIpc) is 2.85. The van der Waals surface area contributed by atoms with Crippen LogP contribution in [0.3, 0.4) is 0 Å². The molecule has 124 valence electrons. The minimum Gasteiger partial charge on any atom is -0.290 e. The number of fused-ring (bicyclic) bond motifs is 5. The van der Waals surface area contributed by atoms with E-state index in [2.05, 4.69) is 32.6 Å². The molecule has 4 aliphatic carbocycles. The normalized spacial score (nSPS) is 48.3. The maximum atomic E-state index is 12.0. The Morgan fingerprint density at radius 3 is 2.70 bits per heavy atom. The third-order valence-electron chi connectivity index (χ3n) is 7.85. The summed E-state index contributed by atoms with van der Waals surface area (Å²) in [5, 5.41) is 0.0965. The number of ketones is 1. The average molecular weight is 330 g/mol. The van der Waals surface area contributed by atoms with Gasteiger partial charge in [0.2, 0.25) is 0 Å². The molecule has 3 saturated carbocycles. The van der Waals surface area contributed by atoms with Gasteiger partial charge in [0.05, 0.1) is 0 Å². The zero-order valence-electron chi connectivity index (χ0n) is 14.0. The van der Waals surface area contributed by atoms with Crippen molar-refractivity contribution in [3.8, 4) is 0 Å². The Balaban J connectivity index is 1.68. The third kappa shape index (κ3) is 2.08. The predicted octanol–water partition coefficient (Wildman–Crippen LogP) is 4.37. The number of hydrogen-bond acceptors (Lipinski definition) is 2. The highest BCUT2D eigenvalue weighted by Crippen LogP contribution is 2.66. The molecular weight excluding hydrogens is 304 g/mol. The number of carbonyl (C=O) groups excluding carboxylic acids is 2. The number of carbonyl (C=O) groups is 2. The number of allylic oxidation sites excluding steroid dienone is 4. The molecule has 4 rings (SSSR count). The number of rotatable bonds is 1. The van der Waals surface area contributed by atoms with Crippen molar-refractivity contribution in [1.29, 1.82) is 0 Å². The first kappa shape index (κ1) is 15.7. The summed E-state index contributed by atoms with van der Waals surface area (Å²) in [7, 11) is 0. The molecule has 0 aromatic heterocycles. The van der Waals surface area contributed by atoms with Crippen LogP contribution in [0.2, 0.25) is 0 Å². The molecule has 2 nitrogen and oxygen atoms in total. The highest BCUT2D eigenvalue weighted by atomic mass is 32.1. The van der Waals surface area contributed by atoms with Gasteiger partial charge in [0.15, 0.2) is 10.9 Å². The second-order valence-corrected chi connectivity index (χ2v) is 9.06. The third-order valence-corrected chi connectivity index (χ3v) is 8.17. The summed E-state index contributed by atoms with van der Waals surface area (Å²) in [6.45, 7) is 4.67. The highest BCUT2D eigenvalue weighted by Gasteiger charge is 2.59. The molecule has 0 amide bonds. The van der Waals surface area contributed by atoms with Gasteiger partial charge >= 0.3 is 0 Å².